The summed E-state index contributed by atoms with van der Waals surface area (Å²) in [6.45, 7) is 8.28. The van der Waals surface area contributed by atoms with Crippen molar-refractivity contribution in [3.63, 3.8) is 0 Å². The molecule has 0 rings (SSSR count). The minimum absolute atomic E-state index is 0.0244. The van der Waals surface area contributed by atoms with Crippen LogP contribution in [0.1, 0.15) is 149 Å². The van der Waals surface area contributed by atoms with Crippen LogP contribution in [0.25, 0.3) is 0 Å². The average Bonchev–Trinajstić information content (AvgIpc) is 2.86. The quantitative estimate of drug-likeness (QED) is 0.0659. The first-order chi connectivity index (χ1) is 17.6. The number of hydroxylamine groups is 1. The van der Waals surface area contributed by atoms with Gasteiger partial charge in [0.25, 0.3) is 0 Å². The van der Waals surface area contributed by atoms with Gasteiger partial charge in [-0.15, -0.1) is 0 Å². The Morgan fingerprint density at radius 1 is 0.583 bits per heavy atom. The van der Waals surface area contributed by atoms with E-state index in [1.807, 2.05) is 0 Å². The van der Waals surface area contributed by atoms with Crippen LogP contribution in [0.2, 0.25) is 0 Å². The number of nitrogens with zero attached hydrogens (tertiary/aromatic N) is 1. The van der Waals surface area contributed by atoms with Crippen LogP contribution >= 0.6 is 0 Å². The molecule has 0 aromatic heterocycles. The molecule has 0 unspecified atom stereocenters. The largest absolute Gasteiger partial charge is 0.466 e. The summed E-state index contributed by atoms with van der Waals surface area (Å²) in [5.74, 6) is -0.0680. The lowest BCUT2D eigenvalue weighted by molar-refractivity contribution is -0.143. The van der Waals surface area contributed by atoms with Crippen LogP contribution < -0.4 is 5.48 Å². The normalized spacial score (nSPS) is 11.2. The van der Waals surface area contributed by atoms with Gasteiger partial charge in [0.2, 0.25) is 5.91 Å². The third-order valence-electron chi connectivity index (χ3n) is 6.79. The topological polar surface area (TPSA) is 67.9 Å². The number of rotatable bonds is 28. The predicted octanol–water partition coefficient (Wildman–Crippen LogP) is 7.74. The molecule has 0 aromatic carbocycles. The predicted molar refractivity (Wildman–Crippen MR) is 151 cm³/mol. The molecular weight excluding hydrogens is 452 g/mol. The molecule has 0 aliphatic rings. The Morgan fingerprint density at radius 2 is 1.06 bits per heavy atom. The van der Waals surface area contributed by atoms with Crippen LogP contribution in [0.3, 0.4) is 0 Å². The van der Waals surface area contributed by atoms with Gasteiger partial charge in [-0.25, -0.2) is 5.48 Å². The first kappa shape index (κ1) is 34.9. The zero-order valence-corrected chi connectivity index (χ0v) is 24.3. The molecule has 1 amide bonds. The molecule has 0 fully saturated rings. The minimum Gasteiger partial charge on any atom is -0.466 e. The molecular formula is C30H60N2O4. The van der Waals surface area contributed by atoms with Crippen molar-refractivity contribution in [2.45, 2.75) is 149 Å². The summed E-state index contributed by atoms with van der Waals surface area (Å²) in [5.41, 5.74) is 2.41. The van der Waals surface area contributed by atoms with Gasteiger partial charge < -0.3 is 9.64 Å². The molecule has 1 N–H and O–H groups in total. The van der Waals surface area contributed by atoms with Crippen LogP contribution in [-0.4, -0.2) is 50.1 Å². The van der Waals surface area contributed by atoms with Crippen molar-refractivity contribution in [3.05, 3.63) is 0 Å². The van der Waals surface area contributed by atoms with E-state index in [-0.39, 0.29) is 11.9 Å². The Kier molecular flexibility index (Phi) is 27.5. The number of nitrogens with one attached hydrogen (secondary N) is 1. The smallest absolute Gasteiger partial charge is 0.305 e. The highest BCUT2D eigenvalue weighted by molar-refractivity contribution is 5.74. The summed E-state index contributed by atoms with van der Waals surface area (Å²) in [6, 6.07) is 0. The van der Waals surface area contributed by atoms with E-state index in [1.54, 1.807) is 0 Å². The van der Waals surface area contributed by atoms with Crippen molar-refractivity contribution >= 4 is 11.9 Å². The molecule has 0 saturated heterocycles. The van der Waals surface area contributed by atoms with Gasteiger partial charge >= 0.3 is 5.97 Å². The average molecular weight is 513 g/mol. The fourth-order valence-electron chi connectivity index (χ4n) is 4.53. The number of ether oxygens (including phenoxy) is 1. The van der Waals surface area contributed by atoms with E-state index >= 15 is 0 Å². The Hall–Kier alpha value is -1.14. The summed E-state index contributed by atoms with van der Waals surface area (Å²) in [6.07, 6.45) is 24.1. The highest BCUT2D eigenvalue weighted by atomic mass is 16.6. The summed E-state index contributed by atoms with van der Waals surface area (Å²) < 4.78 is 5.38. The van der Waals surface area contributed by atoms with E-state index in [1.165, 1.54) is 103 Å². The number of hydrogen-bond donors (Lipinski definition) is 1. The Labute approximate surface area is 223 Å². The lowest BCUT2D eigenvalue weighted by Crippen LogP contribution is -2.29. The van der Waals surface area contributed by atoms with Gasteiger partial charge in [-0.2, -0.15) is 0 Å². The second-order valence-electron chi connectivity index (χ2n) is 10.3. The van der Waals surface area contributed by atoms with Crippen molar-refractivity contribution in [1.29, 1.82) is 0 Å². The van der Waals surface area contributed by atoms with Crippen molar-refractivity contribution in [2.24, 2.45) is 0 Å². The summed E-state index contributed by atoms with van der Waals surface area (Å²) in [4.78, 5) is 30.8. The highest BCUT2D eigenvalue weighted by Gasteiger charge is 2.08. The maximum Gasteiger partial charge on any atom is 0.305 e. The minimum atomic E-state index is -0.0436. The van der Waals surface area contributed by atoms with E-state index in [2.05, 4.69) is 24.2 Å². The van der Waals surface area contributed by atoms with E-state index in [4.69, 9.17) is 9.57 Å². The zero-order chi connectivity index (χ0) is 26.5. The molecule has 6 nitrogen and oxygen atoms in total. The SMILES string of the molecule is CCCCCCCCCOC(=O)CCCCCCCN(CCCCCCCC)CCCC(=O)NOC. The van der Waals surface area contributed by atoms with Crippen molar-refractivity contribution in [1.82, 2.24) is 10.4 Å². The molecule has 6 heteroatoms. The van der Waals surface area contributed by atoms with E-state index < -0.39 is 0 Å². The van der Waals surface area contributed by atoms with Crippen molar-refractivity contribution in [2.75, 3.05) is 33.4 Å². The third-order valence-corrected chi connectivity index (χ3v) is 6.79. The monoisotopic (exact) mass is 512 g/mol. The second-order valence-corrected chi connectivity index (χ2v) is 10.3. The molecule has 0 saturated carbocycles. The number of carbonyl (C=O) groups excluding carboxylic acids is 2. The number of amides is 1. The van der Waals surface area contributed by atoms with Gasteiger partial charge in [0.05, 0.1) is 13.7 Å². The highest BCUT2D eigenvalue weighted by Crippen LogP contribution is 2.11. The van der Waals surface area contributed by atoms with Gasteiger partial charge in [0.15, 0.2) is 0 Å². The van der Waals surface area contributed by atoms with Gasteiger partial charge in [-0.3, -0.25) is 14.4 Å². The standard InChI is InChI=1S/C30H60N2O4/c1-4-6-8-10-12-17-21-28-36-30(34)24-18-14-13-16-20-26-32(25-19-15-11-9-7-5-2)27-22-23-29(33)31-35-3/h4-28H2,1-3H3,(H,31,33). The maximum absolute atomic E-state index is 11.9. The lowest BCUT2D eigenvalue weighted by Gasteiger charge is -2.22. The molecule has 0 aliphatic carbocycles. The molecule has 36 heavy (non-hydrogen) atoms. The van der Waals surface area contributed by atoms with Crippen LogP contribution in [0.4, 0.5) is 0 Å². The molecule has 0 heterocycles. The molecule has 0 atom stereocenters. The second kappa shape index (κ2) is 28.4. The van der Waals surface area contributed by atoms with E-state index in [0.717, 1.165) is 45.3 Å². The van der Waals surface area contributed by atoms with Crippen molar-refractivity contribution in [3.8, 4) is 0 Å². The first-order valence-electron chi connectivity index (χ1n) is 15.3. The molecule has 0 aliphatic heterocycles. The molecule has 0 spiro atoms. The fourth-order valence-corrected chi connectivity index (χ4v) is 4.53. The Bertz CT molecular complexity index is 488. The van der Waals surface area contributed by atoms with Gasteiger partial charge in [-0.05, 0) is 51.7 Å². The molecule has 0 radical (unpaired) electrons. The van der Waals surface area contributed by atoms with Crippen LogP contribution in [0.15, 0.2) is 0 Å². The van der Waals surface area contributed by atoms with Crippen LogP contribution in [0, 0.1) is 0 Å². The third kappa shape index (κ3) is 25.9. The van der Waals surface area contributed by atoms with Crippen LogP contribution in [-0.2, 0) is 19.2 Å². The number of unbranched alkanes of at least 4 members (excludes halogenated alkanes) is 15. The van der Waals surface area contributed by atoms with Gasteiger partial charge in [0.1, 0.15) is 0 Å². The number of esters is 1. The summed E-state index contributed by atoms with van der Waals surface area (Å²) in [7, 11) is 1.48. The van der Waals surface area contributed by atoms with Gasteiger partial charge in [0, 0.05) is 12.8 Å². The van der Waals surface area contributed by atoms with Crippen LogP contribution in [0.5, 0.6) is 0 Å². The van der Waals surface area contributed by atoms with E-state index in [0.29, 0.717) is 19.4 Å². The lowest BCUT2D eigenvalue weighted by atomic mass is 10.1. The van der Waals surface area contributed by atoms with Gasteiger partial charge in [-0.1, -0.05) is 104 Å². The summed E-state index contributed by atoms with van der Waals surface area (Å²) >= 11 is 0. The molecule has 0 aromatic rings. The van der Waals surface area contributed by atoms with E-state index in [9.17, 15) is 9.59 Å². The fraction of sp³-hybridized carbons (Fsp3) is 0.933. The van der Waals surface area contributed by atoms with Crippen molar-refractivity contribution < 1.29 is 19.2 Å². The molecule has 0 bridgehead atoms. The zero-order valence-electron chi connectivity index (χ0n) is 24.3. The Morgan fingerprint density at radius 3 is 1.61 bits per heavy atom. The number of carbonyl (C=O) groups is 2. The number of hydrogen-bond acceptors (Lipinski definition) is 5. The first-order valence-corrected chi connectivity index (χ1v) is 15.3. The maximum atomic E-state index is 11.9. The molecule has 214 valence electrons. The summed E-state index contributed by atoms with van der Waals surface area (Å²) in [5, 5.41) is 0. The Balaban J connectivity index is 3.82.